The van der Waals surface area contributed by atoms with Gasteiger partial charge in [0.15, 0.2) is 0 Å². The second-order valence-electron chi connectivity index (χ2n) is 7.00. The van der Waals surface area contributed by atoms with E-state index < -0.39 is 5.82 Å². The van der Waals surface area contributed by atoms with Gasteiger partial charge in [-0.15, -0.1) is 4.90 Å². The van der Waals surface area contributed by atoms with Crippen LogP contribution in [0.3, 0.4) is 0 Å². The van der Waals surface area contributed by atoms with Crippen LogP contribution in [0.4, 0.5) is 10.1 Å². The number of unbranched alkanes of at least 4 members (excludes halogenated alkanes) is 1. The molecule has 1 heterocycles. The van der Waals surface area contributed by atoms with Gasteiger partial charge in [0.05, 0.1) is 10.7 Å². The third-order valence-corrected chi connectivity index (χ3v) is 5.58. The Kier molecular flexibility index (Phi) is 7.70. The van der Waals surface area contributed by atoms with Crippen LogP contribution in [0.1, 0.15) is 37.3 Å². The van der Waals surface area contributed by atoms with Crippen molar-refractivity contribution in [1.29, 1.82) is 0 Å². The third-order valence-electron chi connectivity index (χ3n) is 4.95. The van der Waals surface area contributed by atoms with Gasteiger partial charge in [0.1, 0.15) is 5.82 Å². The number of benzene rings is 2. The molecule has 6 heteroatoms. The molecule has 0 aromatic heterocycles. The highest BCUT2D eigenvalue weighted by atomic mass is 35.5. The van der Waals surface area contributed by atoms with E-state index in [1.807, 2.05) is 0 Å². The van der Waals surface area contributed by atoms with Gasteiger partial charge in [-0.1, -0.05) is 48.0 Å². The molecule has 2 atom stereocenters. The summed E-state index contributed by atoms with van der Waals surface area (Å²) < 4.78 is 13.5. The molecular weight excluding hydrogens is 381 g/mol. The Labute approximate surface area is 171 Å². The number of halogens is 2. The van der Waals surface area contributed by atoms with Crippen LogP contribution in [0.5, 0.6) is 0 Å². The lowest BCUT2D eigenvalue weighted by molar-refractivity contribution is 0.502. The van der Waals surface area contributed by atoms with Gasteiger partial charge in [-0.2, -0.15) is 0 Å². The van der Waals surface area contributed by atoms with Crippen LogP contribution in [0.25, 0.3) is 0 Å². The fraction of sp³-hybridized carbons (Fsp3) is 0.429. The zero-order valence-electron chi connectivity index (χ0n) is 15.3. The van der Waals surface area contributed by atoms with Crippen molar-refractivity contribution in [1.82, 2.24) is 10.6 Å². The number of nitrogens with one attached hydrogen (secondary N) is 3. The van der Waals surface area contributed by atoms with E-state index in [4.69, 9.17) is 24.2 Å². The van der Waals surface area contributed by atoms with E-state index in [0.717, 1.165) is 32.5 Å². The molecule has 0 aliphatic carbocycles. The van der Waals surface area contributed by atoms with Gasteiger partial charge >= 0.3 is 0 Å². The fourth-order valence-corrected chi connectivity index (χ4v) is 3.94. The summed E-state index contributed by atoms with van der Waals surface area (Å²) >= 11 is 10.9. The molecule has 0 bridgehead atoms. The zero-order chi connectivity index (χ0) is 19.1. The molecule has 27 heavy (non-hydrogen) atoms. The van der Waals surface area contributed by atoms with Gasteiger partial charge in [-0.05, 0) is 43.9 Å². The third kappa shape index (κ3) is 6.04. The first kappa shape index (κ1) is 20.3. The summed E-state index contributed by atoms with van der Waals surface area (Å²) in [4.78, 5) is 0.157. The minimum Gasteiger partial charge on any atom is -0.777 e. The Bertz CT molecular complexity index is 729. The maximum atomic E-state index is 13.5. The standard InChI is InChI=1S/C21H27ClFN3S/c22-17-12-21(27)18(23)13-20(17)25-11-5-4-10-24-14-16-8-9-19(26-16)15-6-2-1-3-7-15/h1-3,6-7,12-13,16,19,24-27H,4-5,8-11,14H2/p-1/t16-,19+/m0/s1. The summed E-state index contributed by atoms with van der Waals surface area (Å²) in [6.45, 7) is 2.73. The summed E-state index contributed by atoms with van der Waals surface area (Å²) in [5.74, 6) is -0.406. The molecule has 1 aliphatic rings. The van der Waals surface area contributed by atoms with Crippen molar-refractivity contribution in [3.05, 3.63) is 58.9 Å². The van der Waals surface area contributed by atoms with Crippen molar-refractivity contribution in [3.63, 3.8) is 0 Å². The van der Waals surface area contributed by atoms with E-state index in [1.165, 1.54) is 30.5 Å². The molecule has 1 fully saturated rings. The van der Waals surface area contributed by atoms with Crippen LogP contribution in [-0.4, -0.2) is 25.7 Å². The van der Waals surface area contributed by atoms with Crippen LogP contribution in [-0.2, 0) is 12.6 Å². The average molecular weight is 407 g/mol. The van der Waals surface area contributed by atoms with Gasteiger partial charge < -0.3 is 28.6 Å². The van der Waals surface area contributed by atoms with Gasteiger partial charge in [0, 0.05) is 25.2 Å². The first-order valence-electron chi connectivity index (χ1n) is 9.55. The van der Waals surface area contributed by atoms with Crippen molar-refractivity contribution < 1.29 is 4.39 Å². The Balaban J connectivity index is 1.27. The molecule has 0 radical (unpaired) electrons. The smallest absolute Gasteiger partial charge is 0.106 e. The predicted octanol–water partition coefficient (Wildman–Crippen LogP) is 4.66. The zero-order valence-corrected chi connectivity index (χ0v) is 16.9. The van der Waals surface area contributed by atoms with E-state index in [2.05, 4.69) is 46.3 Å². The number of hydrogen-bond donors (Lipinski definition) is 3. The fourth-order valence-electron chi connectivity index (χ4n) is 3.47. The minimum absolute atomic E-state index is 0.157. The molecule has 1 saturated heterocycles. The Morgan fingerprint density at radius 1 is 1.11 bits per heavy atom. The van der Waals surface area contributed by atoms with Crippen LogP contribution >= 0.6 is 11.6 Å². The number of rotatable bonds is 9. The molecule has 146 valence electrons. The highest BCUT2D eigenvalue weighted by molar-refractivity contribution is 7.58. The Morgan fingerprint density at radius 2 is 1.89 bits per heavy atom. The highest BCUT2D eigenvalue weighted by Gasteiger charge is 2.23. The van der Waals surface area contributed by atoms with Gasteiger partial charge in [-0.3, -0.25) is 0 Å². The molecule has 3 nitrogen and oxygen atoms in total. The Hall–Kier alpha value is -1.40. The van der Waals surface area contributed by atoms with Crippen molar-refractivity contribution in [2.45, 2.75) is 42.7 Å². The molecule has 3 rings (SSSR count). The first-order valence-corrected chi connectivity index (χ1v) is 10.3. The molecule has 3 N–H and O–H groups in total. The summed E-state index contributed by atoms with van der Waals surface area (Å²) in [5, 5.41) is 10.9. The van der Waals surface area contributed by atoms with Gasteiger partial charge in [0.25, 0.3) is 0 Å². The van der Waals surface area contributed by atoms with Crippen LogP contribution < -0.4 is 16.0 Å². The van der Waals surface area contributed by atoms with E-state index in [9.17, 15) is 4.39 Å². The van der Waals surface area contributed by atoms with E-state index in [1.54, 1.807) is 0 Å². The van der Waals surface area contributed by atoms with Crippen molar-refractivity contribution in [2.75, 3.05) is 25.0 Å². The monoisotopic (exact) mass is 406 g/mol. The second kappa shape index (κ2) is 10.2. The topological polar surface area (TPSA) is 36.1 Å². The normalized spacial score (nSPS) is 19.3. The van der Waals surface area contributed by atoms with Gasteiger partial charge in [0.2, 0.25) is 0 Å². The quantitative estimate of drug-likeness (QED) is 0.418. The maximum absolute atomic E-state index is 13.5. The molecular formula is C21H26ClFN3S-. The highest BCUT2D eigenvalue weighted by Crippen LogP contribution is 2.26. The van der Waals surface area contributed by atoms with Crippen molar-refractivity contribution >= 4 is 29.9 Å². The van der Waals surface area contributed by atoms with E-state index in [-0.39, 0.29) is 4.90 Å². The maximum Gasteiger partial charge on any atom is 0.106 e. The molecule has 2 aromatic rings. The predicted molar refractivity (Wildman–Crippen MR) is 113 cm³/mol. The summed E-state index contributed by atoms with van der Waals surface area (Å²) in [7, 11) is 0. The van der Waals surface area contributed by atoms with Crippen LogP contribution in [0.15, 0.2) is 47.4 Å². The van der Waals surface area contributed by atoms with Gasteiger partial charge in [-0.25, -0.2) is 4.39 Å². The lowest BCUT2D eigenvalue weighted by Gasteiger charge is -2.16. The lowest BCUT2D eigenvalue weighted by atomic mass is 10.1. The Morgan fingerprint density at radius 3 is 2.70 bits per heavy atom. The molecule has 2 aromatic carbocycles. The van der Waals surface area contributed by atoms with E-state index in [0.29, 0.717) is 22.8 Å². The first-order chi connectivity index (χ1) is 13.1. The largest absolute Gasteiger partial charge is 0.777 e. The molecule has 1 aliphatic heterocycles. The van der Waals surface area contributed by atoms with Crippen molar-refractivity contribution in [3.8, 4) is 0 Å². The summed E-state index contributed by atoms with van der Waals surface area (Å²) in [5.41, 5.74) is 1.99. The van der Waals surface area contributed by atoms with Crippen LogP contribution in [0, 0.1) is 5.82 Å². The molecule has 0 saturated carbocycles. The lowest BCUT2D eigenvalue weighted by Crippen LogP contribution is -2.35. The van der Waals surface area contributed by atoms with Crippen LogP contribution in [0.2, 0.25) is 5.02 Å². The van der Waals surface area contributed by atoms with Crippen molar-refractivity contribution in [2.24, 2.45) is 0 Å². The second-order valence-corrected chi connectivity index (χ2v) is 7.85. The summed E-state index contributed by atoms with van der Waals surface area (Å²) in [6.07, 6.45) is 4.45. The molecule has 0 spiro atoms. The number of anilines is 1. The SMILES string of the molecule is Fc1cc(NCCCCNC[C@@H]2CC[C@H](c3ccccc3)N2)c(Cl)cc1[S-]. The molecule has 0 unspecified atom stereocenters. The number of hydrogen-bond acceptors (Lipinski definition) is 4. The average Bonchev–Trinajstić information content (AvgIpc) is 3.14. The molecule has 0 amide bonds. The summed E-state index contributed by atoms with van der Waals surface area (Å²) in [6, 6.07) is 14.5. The minimum atomic E-state index is -0.406. The van der Waals surface area contributed by atoms with E-state index >= 15 is 0 Å².